The zero-order valence-electron chi connectivity index (χ0n) is 15.3. The molecule has 2 aromatic rings. The molecule has 0 radical (unpaired) electrons. The first-order chi connectivity index (χ1) is 13.4. The highest BCUT2D eigenvalue weighted by molar-refractivity contribution is 6.02. The Morgan fingerprint density at radius 2 is 1.32 bits per heavy atom. The van der Waals surface area contributed by atoms with E-state index in [2.05, 4.69) is 9.47 Å². The number of rotatable bonds is 8. The number of benzene rings is 2. The van der Waals surface area contributed by atoms with Crippen molar-refractivity contribution in [2.45, 2.75) is 12.0 Å². The van der Waals surface area contributed by atoms with Crippen LogP contribution in [0.2, 0.25) is 0 Å². The summed E-state index contributed by atoms with van der Waals surface area (Å²) in [5.41, 5.74) is 0.368. The fourth-order valence-electron chi connectivity index (χ4n) is 3.04. The van der Waals surface area contributed by atoms with Gasteiger partial charge in [0.15, 0.2) is 5.92 Å². The molecule has 0 aliphatic heterocycles. The van der Waals surface area contributed by atoms with E-state index in [0.717, 1.165) is 14.2 Å². The van der Waals surface area contributed by atoms with Crippen molar-refractivity contribution in [1.29, 1.82) is 0 Å². The summed E-state index contributed by atoms with van der Waals surface area (Å²) in [6.07, 6.45) is 0. The molecule has 0 aliphatic rings. The number of nitro groups is 1. The average Bonchev–Trinajstić information content (AvgIpc) is 2.73. The number of carbonyl (C=O) groups is 3. The highest BCUT2D eigenvalue weighted by Crippen LogP contribution is 2.33. The molecule has 146 valence electrons. The van der Waals surface area contributed by atoms with E-state index < -0.39 is 40.5 Å². The highest BCUT2D eigenvalue weighted by Gasteiger charge is 2.50. The predicted molar refractivity (Wildman–Crippen MR) is 98.3 cm³/mol. The summed E-state index contributed by atoms with van der Waals surface area (Å²) in [4.78, 5) is 48.8. The third-order valence-corrected chi connectivity index (χ3v) is 4.35. The lowest BCUT2D eigenvalue weighted by molar-refractivity contribution is -0.510. The first-order valence-corrected chi connectivity index (χ1v) is 8.35. The van der Waals surface area contributed by atoms with Gasteiger partial charge in [0.1, 0.15) is 0 Å². The van der Waals surface area contributed by atoms with Crippen LogP contribution in [0.15, 0.2) is 60.7 Å². The van der Waals surface area contributed by atoms with Crippen molar-refractivity contribution in [2.24, 2.45) is 5.92 Å². The van der Waals surface area contributed by atoms with Crippen LogP contribution in [0.3, 0.4) is 0 Å². The fourth-order valence-corrected chi connectivity index (χ4v) is 3.04. The summed E-state index contributed by atoms with van der Waals surface area (Å²) in [6.45, 7) is 0. The third-order valence-electron chi connectivity index (χ3n) is 4.35. The van der Waals surface area contributed by atoms with Crippen LogP contribution in [-0.2, 0) is 19.1 Å². The van der Waals surface area contributed by atoms with Crippen molar-refractivity contribution in [3.63, 3.8) is 0 Å². The molecule has 0 spiro atoms. The van der Waals surface area contributed by atoms with Gasteiger partial charge in [0.2, 0.25) is 5.78 Å². The van der Waals surface area contributed by atoms with E-state index in [1.165, 1.54) is 24.3 Å². The lowest BCUT2D eigenvalue weighted by Crippen LogP contribution is -2.45. The Morgan fingerprint density at radius 3 is 1.75 bits per heavy atom. The first-order valence-electron chi connectivity index (χ1n) is 8.35. The summed E-state index contributed by atoms with van der Waals surface area (Å²) in [5, 5.41) is 11.9. The molecule has 0 saturated carbocycles. The van der Waals surface area contributed by atoms with E-state index in [4.69, 9.17) is 0 Å². The van der Waals surface area contributed by atoms with Gasteiger partial charge >= 0.3 is 11.9 Å². The van der Waals surface area contributed by atoms with Crippen molar-refractivity contribution in [2.75, 3.05) is 14.2 Å². The maximum absolute atomic E-state index is 13.0. The molecule has 0 bridgehead atoms. The molecule has 0 aliphatic carbocycles. The van der Waals surface area contributed by atoms with E-state index in [0.29, 0.717) is 0 Å². The topological polar surface area (TPSA) is 113 Å². The predicted octanol–water partition coefficient (Wildman–Crippen LogP) is 2.26. The van der Waals surface area contributed by atoms with E-state index in [9.17, 15) is 24.5 Å². The van der Waals surface area contributed by atoms with E-state index in [-0.39, 0.29) is 11.1 Å². The number of methoxy groups -OCH3 is 2. The molecule has 0 fully saturated rings. The van der Waals surface area contributed by atoms with Crippen LogP contribution in [-0.4, -0.2) is 42.9 Å². The molecule has 8 heteroatoms. The molecular formula is C20H19NO7. The SMILES string of the molecule is COC(=O)C(C(=O)OC)[C@H](c1ccccc1)[C@@H](C(=O)c1ccccc1)[N+](=O)[O-]. The number of ether oxygens (including phenoxy) is 2. The van der Waals surface area contributed by atoms with Crippen LogP contribution in [0, 0.1) is 16.0 Å². The minimum Gasteiger partial charge on any atom is -0.468 e. The van der Waals surface area contributed by atoms with Crippen LogP contribution in [0.1, 0.15) is 21.8 Å². The molecule has 2 rings (SSSR count). The van der Waals surface area contributed by atoms with Crippen molar-refractivity contribution in [1.82, 2.24) is 0 Å². The third kappa shape index (κ3) is 4.40. The Kier molecular flexibility index (Phi) is 6.97. The van der Waals surface area contributed by atoms with Crippen molar-refractivity contribution in [3.8, 4) is 0 Å². The number of carbonyl (C=O) groups excluding carboxylic acids is 3. The minimum atomic E-state index is -1.90. The zero-order valence-corrected chi connectivity index (χ0v) is 15.3. The van der Waals surface area contributed by atoms with E-state index in [1.54, 1.807) is 36.4 Å². The Morgan fingerprint density at radius 1 is 0.857 bits per heavy atom. The van der Waals surface area contributed by atoms with Gasteiger partial charge in [-0.05, 0) is 5.56 Å². The Labute approximate surface area is 161 Å². The molecule has 0 unspecified atom stereocenters. The molecular weight excluding hydrogens is 366 g/mol. The van der Waals surface area contributed by atoms with Crippen molar-refractivity contribution in [3.05, 3.63) is 81.9 Å². The second kappa shape index (κ2) is 9.40. The maximum atomic E-state index is 13.0. The minimum absolute atomic E-state index is 0.0959. The van der Waals surface area contributed by atoms with Crippen molar-refractivity contribution < 1.29 is 28.8 Å². The molecule has 0 saturated heterocycles. The van der Waals surface area contributed by atoms with Crippen LogP contribution >= 0.6 is 0 Å². The van der Waals surface area contributed by atoms with Gasteiger partial charge in [-0.1, -0.05) is 60.7 Å². The van der Waals surface area contributed by atoms with Gasteiger partial charge in [0.25, 0.3) is 6.04 Å². The smallest absolute Gasteiger partial charge is 0.320 e. The molecule has 0 amide bonds. The number of esters is 2. The number of hydrogen-bond acceptors (Lipinski definition) is 7. The monoisotopic (exact) mass is 385 g/mol. The first kappa shape index (κ1) is 20.8. The lowest BCUT2D eigenvalue weighted by atomic mass is 9.78. The van der Waals surface area contributed by atoms with Gasteiger partial charge in [0, 0.05) is 10.5 Å². The van der Waals surface area contributed by atoms with Crippen LogP contribution in [0.4, 0.5) is 0 Å². The normalized spacial score (nSPS) is 12.7. The summed E-state index contributed by atoms with van der Waals surface area (Å²) in [7, 11) is 2.11. The van der Waals surface area contributed by atoms with Gasteiger partial charge in [-0.2, -0.15) is 0 Å². The van der Waals surface area contributed by atoms with Crippen LogP contribution < -0.4 is 0 Å². The lowest BCUT2D eigenvalue weighted by Gasteiger charge is -2.25. The summed E-state index contributed by atoms with van der Waals surface area (Å²) < 4.78 is 9.36. The molecule has 0 N–H and O–H groups in total. The molecule has 2 aromatic carbocycles. The van der Waals surface area contributed by atoms with Crippen LogP contribution in [0.25, 0.3) is 0 Å². The number of ketones is 1. The fraction of sp³-hybridized carbons (Fsp3) is 0.250. The highest BCUT2D eigenvalue weighted by atomic mass is 16.6. The maximum Gasteiger partial charge on any atom is 0.320 e. The van der Waals surface area contributed by atoms with Gasteiger partial charge in [-0.15, -0.1) is 0 Å². The largest absolute Gasteiger partial charge is 0.468 e. The molecule has 8 nitrogen and oxygen atoms in total. The number of Topliss-reactive ketones (excluding diaryl/α,β-unsaturated/α-hetero) is 1. The van der Waals surface area contributed by atoms with Gasteiger partial charge in [0.05, 0.1) is 20.1 Å². The number of nitrogens with zero attached hydrogens (tertiary/aromatic N) is 1. The summed E-state index contributed by atoms with van der Waals surface area (Å²) >= 11 is 0. The molecule has 28 heavy (non-hydrogen) atoms. The quantitative estimate of drug-likeness (QED) is 0.225. The Hall–Kier alpha value is -3.55. The van der Waals surface area contributed by atoms with E-state index >= 15 is 0 Å². The molecule has 0 heterocycles. The Balaban J connectivity index is 2.67. The van der Waals surface area contributed by atoms with Gasteiger partial charge in [-0.3, -0.25) is 24.5 Å². The Bertz CT molecular complexity index is 835. The summed E-state index contributed by atoms with van der Waals surface area (Å²) in [5.74, 6) is -5.96. The standard InChI is InChI=1S/C20H19NO7/c1-27-19(23)16(20(24)28-2)15(13-9-5-3-6-10-13)17(21(25)26)18(22)14-11-7-4-8-12-14/h3-12,15-17H,1-2H3/t15-,17-/m0/s1. The van der Waals surface area contributed by atoms with Crippen molar-refractivity contribution >= 4 is 17.7 Å². The van der Waals surface area contributed by atoms with E-state index in [1.807, 2.05) is 0 Å². The van der Waals surface area contributed by atoms with Gasteiger partial charge in [-0.25, -0.2) is 0 Å². The van der Waals surface area contributed by atoms with Crippen LogP contribution in [0.5, 0.6) is 0 Å². The molecule has 2 atom stereocenters. The second-order valence-electron chi connectivity index (χ2n) is 5.92. The number of hydrogen-bond donors (Lipinski definition) is 0. The molecule has 0 aromatic heterocycles. The summed E-state index contributed by atoms with van der Waals surface area (Å²) in [6, 6.07) is 13.7. The zero-order chi connectivity index (χ0) is 20.7. The van der Waals surface area contributed by atoms with Gasteiger partial charge < -0.3 is 9.47 Å². The average molecular weight is 385 g/mol. The second-order valence-corrected chi connectivity index (χ2v) is 5.92.